The average Bonchev–Trinajstić information content (AvgIpc) is 2.86. The molecule has 2 aliphatic rings. The SMILES string of the molecule is CNC(=O)CNC(C)C1CC2CCC1C2. The molecule has 2 aliphatic carbocycles. The molecule has 0 saturated heterocycles. The largest absolute Gasteiger partial charge is 0.358 e. The Morgan fingerprint density at radius 2 is 2.20 bits per heavy atom. The molecule has 0 spiro atoms. The van der Waals surface area contributed by atoms with Gasteiger partial charge in [0.2, 0.25) is 5.91 Å². The third kappa shape index (κ3) is 2.33. The van der Waals surface area contributed by atoms with Crippen LogP contribution in [0.5, 0.6) is 0 Å². The fourth-order valence-electron chi connectivity index (χ4n) is 3.40. The standard InChI is InChI=1S/C12H22N2O/c1-8(14-7-12(15)13-2)11-6-9-3-4-10(11)5-9/h8-11,14H,3-7H2,1-2H3,(H,13,15). The molecule has 0 aliphatic heterocycles. The number of likely N-dealkylation sites (N-methyl/N-ethyl adjacent to an activating group) is 1. The highest BCUT2D eigenvalue weighted by Crippen LogP contribution is 2.49. The van der Waals surface area contributed by atoms with Crippen molar-refractivity contribution in [3.63, 3.8) is 0 Å². The van der Waals surface area contributed by atoms with Crippen LogP contribution in [0.25, 0.3) is 0 Å². The Labute approximate surface area is 92.0 Å². The molecule has 4 unspecified atom stereocenters. The minimum absolute atomic E-state index is 0.0880. The molecule has 4 atom stereocenters. The maximum Gasteiger partial charge on any atom is 0.233 e. The van der Waals surface area contributed by atoms with Gasteiger partial charge in [-0.05, 0) is 43.9 Å². The molecular formula is C12H22N2O. The van der Waals surface area contributed by atoms with E-state index in [-0.39, 0.29) is 5.91 Å². The minimum atomic E-state index is 0.0880. The van der Waals surface area contributed by atoms with Crippen LogP contribution in [0.4, 0.5) is 0 Å². The fraction of sp³-hybridized carbons (Fsp3) is 0.917. The molecule has 86 valence electrons. The predicted molar refractivity (Wildman–Crippen MR) is 60.5 cm³/mol. The smallest absolute Gasteiger partial charge is 0.233 e. The molecular weight excluding hydrogens is 188 g/mol. The van der Waals surface area contributed by atoms with Crippen molar-refractivity contribution in [3.8, 4) is 0 Å². The monoisotopic (exact) mass is 210 g/mol. The summed E-state index contributed by atoms with van der Waals surface area (Å²) < 4.78 is 0. The highest BCUT2D eigenvalue weighted by Gasteiger charge is 2.41. The van der Waals surface area contributed by atoms with Crippen molar-refractivity contribution in [2.75, 3.05) is 13.6 Å². The first kappa shape index (κ1) is 10.9. The fourth-order valence-corrected chi connectivity index (χ4v) is 3.40. The number of hydrogen-bond acceptors (Lipinski definition) is 2. The zero-order valence-electron chi connectivity index (χ0n) is 9.75. The van der Waals surface area contributed by atoms with Gasteiger partial charge >= 0.3 is 0 Å². The molecule has 3 nitrogen and oxygen atoms in total. The molecule has 1 amide bonds. The summed E-state index contributed by atoms with van der Waals surface area (Å²) in [5.41, 5.74) is 0. The topological polar surface area (TPSA) is 41.1 Å². The van der Waals surface area contributed by atoms with E-state index < -0.39 is 0 Å². The second kappa shape index (κ2) is 4.52. The van der Waals surface area contributed by atoms with Gasteiger partial charge in [0.15, 0.2) is 0 Å². The van der Waals surface area contributed by atoms with Crippen LogP contribution in [0.3, 0.4) is 0 Å². The van der Waals surface area contributed by atoms with Crippen LogP contribution >= 0.6 is 0 Å². The zero-order valence-corrected chi connectivity index (χ0v) is 9.75. The van der Waals surface area contributed by atoms with E-state index in [0.29, 0.717) is 12.6 Å². The number of hydrogen-bond donors (Lipinski definition) is 2. The molecule has 2 bridgehead atoms. The Morgan fingerprint density at radius 1 is 1.40 bits per heavy atom. The molecule has 2 N–H and O–H groups in total. The molecule has 2 saturated carbocycles. The predicted octanol–water partition coefficient (Wildman–Crippen LogP) is 1.15. The van der Waals surface area contributed by atoms with Crippen molar-refractivity contribution in [2.24, 2.45) is 17.8 Å². The van der Waals surface area contributed by atoms with Crippen LogP contribution in [0.2, 0.25) is 0 Å². The number of carbonyl (C=O) groups excluding carboxylic acids is 1. The number of rotatable bonds is 4. The molecule has 0 aromatic carbocycles. The van der Waals surface area contributed by atoms with E-state index in [1.165, 1.54) is 25.7 Å². The summed E-state index contributed by atoms with van der Waals surface area (Å²) in [6, 6.07) is 0.498. The van der Waals surface area contributed by atoms with Crippen molar-refractivity contribution < 1.29 is 4.79 Å². The lowest BCUT2D eigenvalue weighted by Crippen LogP contribution is -2.41. The number of fused-ring (bicyclic) bond motifs is 2. The lowest BCUT2D eigenvalue weighted by molar-refractivity contribution is -0.119. The van der Waals surface area contributed by atoms with Crippen molar-refractivity contribution in [3.05, 3.63) is 0 Å². The quantitative estimate of drug-likeness (QED) is 0.731. The van der Waals surface area contributed by atoms with Crippen LogP contribution in [-0.2, 0) is 4.79 Å². The zero-order chi connectivity index (χ0) is 10.8. The molecule has 0 heterocycles. The van der Waals surface area contributed by atoms with Crippen LogP contribution in [0.1, 0.15) is 32.6 Å². The van der Waals surface area contributed by atoms with Crippen molar-refractivity contribution in [1.29, 1.82) is 0 Å². The van der Waals surface area contributed by atoms with Gasteiger partial charge in [-0.3, -0.25) is 4.79 Å². The summed E-state index contributed by atoms with van der Waals surface area (Å²) in [5, 5.41) is 5.99. The Morgan fingerprint density at radius 3 is 2.73 bits per heavy atom. The second-order valence-electron chi connectivity index (χ2n) is 5.18. The van der Waals surface area contributed by atoms with Gasteiger partial charge in [0.1, 0.15) is 0 Å². The molecule has 15 heavy (non-hydrogen) atoms. The first-order chi connectivity index (χ1) is 7.20. The molecule has 2 fully saturated rings. The van der Waals surface area contributed by atoms with Gasteiger partial charge in [-0.25, -0.2) is 0 Å². The van der Waals surface area contributed by atoms with E-state index in [2.05, 4.69) is 17.6 Å². The van der Waals surface area contributed by atoms with Gasteiger partial charge < -0.3 is 10.6 Å². The Bertz CT molecular complexity index is 242. The first-order valence-corrected chi connectivity index (χ1v) is 6.14. The minimum Gasteiger partial charge on any atom is -0.358 e. The first-order valence-electron chi connectivity index (χ1n) is 6.14. The van der Waals surface area contributed by atoms with E-state index >= 15 is 0 Å². The van der Waals surface area contributed by atoms with Gasteiger partial charge in [0, 0.05) is 13.1 Å². The number of nitrogens with one attached hydrogen (secondary N) is 2. The van der Waals surface area contributed by atoms with E-state index in [9.17, 15) is 4.79 Å². The third-order valence-electron chi connectivity index (χ3n) is 4.30. The Kier molecular flexibility index (Phi) is 3.29. The van der Waals surface area contributed by atoms with E-state index in [1.54, 1.807) is 7.05 Å². The second-order valence-corrected chi connectivity index (χ2v) is 5.18. The highest BCUT2D eigenvalue weighted by atomic mass is 16.1. The van der Waals surface area contributed by atoms with E-state index in [4.69, 9.17) is 0 Å². The van der Waals surface area contributed by atoms with Crippen LogP contribution in [0.15, 0.2) is 0 Å². The van der Waals surface area contributed by atoms with Crippen LogP contribution < -0.4 is 10.6 Å². The maximum atomic E-state index is 11.1. The summed E-state index contributed by atoms with van der Waals surface area (Å²) in [6.45, 7) is 2.69. The average molecular weight is 210 g/mol. The van der Waals surface area contributed by atoms with Gasteiger partial charge in [-0.15, -0.1) is 0 Å². The lowest BCUT2D eigenvalue weighted by atomic mass is 9.84. The molecule has 0 aromatic heterocycles. The van der Waals surface area contributed by atoms with E-state index in [1.807, 2.05) is 0 Å². The number of amides is 1. The number of carbonyl (C=O) groups is 1. The van der Waals surface area contributed by atoms with Crippen LogP contribution in [0, 0.1) is 17.8 Å². The summed E-state index contributed by atoms with van der Waals surface area (Å²) in [7, 11) is 1.69. The van der Waals surface area contributed by atoms with Crippen LogP contribution in [-0.4, -0.2) is 25.5 Å². The lowest BCUT2D eigenvalue weighted by Gasteiger charge is -2.28. The van der Waals surface area contributed by atoms with Gasteiger partial charge in [-0.2, -0.15) is 0 Å². The third-order valence-corrected chi connectivity index (χ3v) is 4.30. The van der Waals surface area contributed by atoms with Crippen molar-refractivity contribution >= 4 is 5.91 Å². The summed E-state index contributed by atoms with van der Waals surface area (Å²) in [4.78, 5) is 11.1. The molecule has 3 heteroatoms. The molecule has 2 rings (SSSR count). The van der Waals surface area contributed by atoms with Gasteiger partial charge in [0.05, 0.1) is 6.54 Å². The van der Waals surface area contributed by atoms with Crippen molar-refractivity contribution in [2.45, 2.75) is 38.6 Å². The Balaban J connectivity index is 1.76. The Hall–Kier alpha value is -0.570. The van der Waals surface area contributed by atoms with Crippen molar-refractivity contribution in [1.82, 2.24) is 10.6 Å². The molecule has 0 radical (unpaired) electrons. The highest BCUT2D eigenvalue weighted by molar-refractivity contribution is 5.77. The summed E-state index contributed by atoms with van der Waals surface area (Å²) in [5.74, 6) is 2.82. The summed E-state index contributed by atoms with van der Waals surface area (Å²) in [6.07, 6.45) is 5.69. The molecule has 0 aromatic rings. The normalized spacial score (nSPS) is 35.5. The van der Waals surface area contributed by atoms with Gasteiger partial charge in [-0.1, -0.05) is 6.42 Å². The summed E-state index contributed by atoms with van der Waals surface area (Å²) >= 11 is 0. The maximum absolute atomic E-state index is 11.1. The van der Waals surface area contributed by atoms with Gasteiger partial charge in [0.25, 0.3) is 0 Å². The van der Waals surface area contributed by atoms with E-state index in [0.717, 1.165) is 17.8 Å².